The van der Waals surface area contributed by atoms with Crippen LogP contribution < -0.4 is 5.32 Å². The smallest absolute Gasteiger partial charge is 0.332 e. The summed E-state index contributed by atoms with van der Waals surface area (Å²) in [5, 5.41) is 2.77. The van der Waals surface area contributed by atoms with Crippen LogP contribution in [0.15, 0.2) is 30.3 Å². The van der Waals surface area contributed by atoms with Gasteiger partial charge in [0.05, 0.1) is 26.2 Å². The van der Waals surface area contributed by atoms with E-state index in [1.54, 1.807) is 34.1 Å². The van der Waals surface area contributed by atoms with Crippen molar-refractivity contribution in [3.8, 4) is 0 Å². The van der Waals surface area contributed by atoms with E-state index in [2.05, 4.69) is 5.32 Å². The number of benzene rings is 1. The van der Waals surface area contributed by atoms with Crippen LogP contribution in [0.2, 0.25) is 5.02 Å². The first-order valence-corrected chi connectivity index (χ1v) is 10.8. The number of imide groups is 2. The summed E-state index contributed by atoms with van der Waals surface area (Å²) < 4.78 is 5.05. The molecule has 33 heavy (non-hydrogen) atoms. The van der Waals surface area contributed by atoms with Crippen LogP contribution in [0.3, 0.4) is 0 Å². The van der Waals surface area contributed by atoms with E-state index in [-0.39, 0.29) is 50.1 Å². The molecule has 1 aromatic rings. The van der Waals surface area contributed by atoms with Crippen LogP contribution in [-0.4, -0.2) is 89.3 Å². The zero-order valence-electron chi connectivity index (χ0n) is 18.3. The number of hydrogen-bond donors (Lipinski definition) is 1. The number of ether oxygens (including phenoxy) is 1. The molecule has 2 aliphatic heterocycles. The SMILES string of the molecule is CC(C(C)N1CC(=O)N(COC(=O)C=Cc2cccc(Cl)c2)C(=O)C1)N1CC(=O)NC(=O)C1. The van der Waals surface area contributed by atoms with Crippen molar-refractivity contribution in [1.82, 2.24) is 20.0 Å². The van der Waals surface area contributed by atoms with Gasteiger partial charge in [-0.05, 0) is 37.6 Å². The van der Waals surface area contributed by atoms with Crippen molar-refractivity contribution in [2.75, 3.05) is 32.9 Å². The standard InChI is InChI=1S/C22H25ClN4O6/c1-14(25-9-18(28)24-19(29)10-25)15(2)26-11-20(30)27(21(31)12-26)13-33-22(32)7-6-16-4-3-5-17(23)8-16/h3-8,14-15H,9-13H2,1-2H3,(H,24,28,29). The lowest BCUT2D eigenvalue weighted by molar-refractivity contribution is -0.163. The highest BCUT2D eigenvalue weighted by Crippen LogP contribution is 2.16. The Morgan fingerprint density at radius 2 is 1.61 bits per heavy atom. The van der Waals surface area contributed by atoms with Gasteiger partial charge in [-0.1, -0.05) is 23.7 Å². The Kier molecular flexibility index (Phi) is 7.96. The van der Waals surface area contributed by atoms with Gasteiger partial charge >= 0.3 is 5.97 Å². The molecule has 176 valence electrons. The Morgan fingerprint density at radius 3 is 2.18 bits per heavy atom. The summed E-state index contributed by atoms with van der Waals surface area (Å²) in [6, 6.07) is 6.36. The Bertz CT molecular complexity index is 963. The topological polar surface area (TPSA) is 116 Å². The van der Waals surface area contributed by atoms with Gasteiger partial charge in [-0.15, -0.1) is 0 Å². The fourth-order valence-corrected chi connectivity index (χ4v) is 3.85. The number of carbonyl (C=O) groups excluding carboxylic acids is 5. The van der Waals surface area contributed by atoms with E-state index in [0.717, 1.165) is 4.90 Å². The molecule has 0 radical (unpaired) electrons. The Hall–Kier alpha value is -3.08. The highest BCUT2D eigenvalue weighted by molar-refractivity contribution is 6.30. The lowest BCUT2D eigenvalue weighted by atomic mass is 10.1. The summed E-state index contributed by atoms with van der Waals surface area (Å²) in [5.41, 5.74) is 0.705. The van der Waals surface area contributed by atoms with Gasteiger partial charge in [0, 0.05) is 23.2 Å². The monoisotopic (exact) mass is 476 g/mol. The average Bonchev–Trinajstić information content (AvgIpc) is 2.75. The number of carbonyl (C=O) groups is 5. The number of piperazine rings is 2. The maximum Gasteiger partial charge on any atom is 0.332 e. The van der Waals surface area contributed by atoms with Crippen molar-refractivity contribution < 1.29 is 28.7 Å². The molecule has 4 amide bonds. The first kappa shape index (κ1) is 24.6. The molecule has 2 aliphatic rings. The zero-order chi connectivity index (χ0) is 24.1. The van der Waals surface area contributed by atoms with Crippen LogP contribution in [0, 0.1) is 0 Å². The molecule has 0 bridgehead atoms. The normalized spacial score (nSPS) is 20.2. The summed E-state index contributed by atoms with van der Waals surface area (Å²) in [7, 11) is 0. The second-order valence-corrected chi connectivity index (χ2v) is 8.40. The van der Waals surface area contributed by atoms with Crippen molar-refractivity contribution in [2.45, 2.75) is 25.9 Å². The van der Waals surface area contributed by atoms with E-state index < -0.39 is 24.5 Å². The molecule has 2 fully saturated rings. The molecule has 0 spiro atoms. The van der Waals surface area contributed by atoms with Gasteiger partial charge in [0.1, 0.15) is 0 Å². The van der Waals surface area contributed by atoms with E-state index in [4.69, 9.17) is 16.3 Å². The molecule has 11 heteroatoms. The van der Waals surface area contributed by atoms with Crippen molar-refractivity contribution in [1.29, 1.82) is 0 Å². The van der Waals surface area contributed by atoms with Crippen molar-refractivity contribution in [2.24, 2.45) is 0 Å². The van der Waals surface area contributed by atoms with E-state index in [1.807, 2.05) is 13.8 Å². The van der Waals surface area contributed by atoms with Crippen molar-refractivity contribution in [3.05, 3.63) is 40.9 Å². The van der Waals surface area contributed by atoms with Crippen LogP contribution in [0.25, 0.3) is 6.08 Å². The summed E-state index contributed by atoms with van der Waals surface area (Å²) in [6.45, 7) is 3.22. The average molecular weight is 477 g/mol. The van der Waals surface area contributed by atoms with Crippen molar-refractivity contribution in [3.63, 3.8) is 0 Å². The first-order valence-electron chi connectivity index (χ1n) is 10.4. The molecule has 2 atom stereocenters. The van der Waals surface area contributed by atoms with Gasteiger partial charge < -0.3 is 4.74 Å². The van der Waals surface area contributed by atoms with Gasteiger partial charge in [0.25, 0.3) is 0 Å². The van der Waals surface area contributed by atoms with E-state index in [1.165, 1.54) is 12.2 Å². The molecule has 3 rings (SSSR count). The molecule has 2 saturated heterocycles. The van der Waals surface area contributed by atoms with Gasteiger partial charge in [-0.25, -0.2) is 9.69 Å². The Labute approximate surface area is 196 Å². The lowest BCUT2D eigenvalue weighted by Gasteiger charge is -2.41. The zero-order valence-corrected chi connectivity index (χ0v) is 19.1. The van der Waals surface area contributed by atoms with E-state index in [0.29, 0.717) is 10.6 Å². The molecular formula is C22H25ClN4O6. The van der Waals surface area contributed by atoms with Crippen LogP contribution in [0.4, 0.5) is 0 Å². The van der Waals surface area contributed by atoms with Gasteiger partial charge in [-0.3, -0.25) is 34.3 Å². The molecule has 1 N–H and O–H groups in total. The third-order valence-electron chi connectivity index (χ3n) is 5.70. The number of rotatable bonds is 7. The second kappa shape index (κ2) is 10.7. The molecule has 10 nitrogen and oxygen atoms in total. The highest BCUT2D eigenvalue weighted by atomic mass is 35.5. The molecule has 0 saturated carbocycles. The minimum Gasteiger partial charge on any atom is -0.441 e. The van der Waals surface area contributed by atoms with Crippen molar-refractivity contribution >= 4 is 47.3 Å². The van der Waals surface area contributed by atoms with Crippen LogP contribution in [0.5, 0.6) is 0 Å². The number of halogens is 1. The molecule has 2 heterocycles. The van der Waals surface area contributed by atoms with E-state index in [9.17, 15) is 24.0 Å². The Morgan fingerprint density at radius 1 is 1.03 bits per heavy atom. The van der Waals surface area contributed by atoms with Gasteiger partial charge in [0.15, 0.2) is 6.73 Å². The molecule has 1 aromatic carbocycles. The number of nitrogens with one attached hydrogen (secondary N) is 1. The fraction of sp³-hybridized carbons (Fsp3) is 0.409. The largest absolute Gasteiger partial charge is 0.441 e. The van der Waals surface area contributed by atoms with Gasteiger partial charge in [0.2, 0.25) is 23.6 Å². The maximum absolute atomic E-state index is 12.6. The summed E-state index contributed by atoms with van der Waals surface area (Å²) in [4.78, 5) is 64.7. The minimum atomic E-state index is -0.701. The first-order chi connectivity index (χ1) is 15.6. The molecule has 0 aromatic heterocycles. The van der Waals surface area contributed by atoms with Crippen LogP contribution in [0.1, 0.15) is 19.4 Å². The second-order valence-electron chi connectivity index (χ2n) is 7.96. The number of amides is 4. The van der Waals surface area contributed by atoms with Crippen LogP contribution >= 0.6 is 11.6 Å². The predicted octanol–water partition coefficient (Wildman–Crippen LogP) is 0.260. The highest BCUT2D eigenvalue weighted by Gasteiger charge is 2.37. The summed E-state index contributed by atoms with van der Waals surface area (Å²) in [6.07, 6.45) is 2.71. The third-order valence-corrected chi connectivity index (χ3v) is 5.93. The number of nitrogens with zero attached hydrogens (tertiary/aromatic N) is 3. The van der Waals surface area contributed by atoms with Gasteiger partial charge in [-0.2, -0.15) is 0 Å². The fourth-order valence-electron chi connectivity index (χ4n) is 3.65. The van der Waals surface area contributed by atoms with Crippen LogP contribution in [-0.2, 0) is 28.7 Å². The maximum atomic E-state index is 12.6. The summed E-state index contributed by atoms with van der Waals surface area (Å²) in [5.74, 6) is -2.45. The molecule has 2 unspecified atom stereocenters. The Balaban J connectivity index is 1.52. The quantitative estimate of drug-likeness (QED) is 0.338. The molecular weight excluding hydrogens is 452 g/mol. The van der Waals surface area contributed by atoms with E-state index >= 15 is 0 Å². The summed E-state index contributed by atoms with van der Waals surface area (Å²) >= 11 is 5.89. The minimum absolute atomic E-state index is 0.0544. The number of hydrogen-bond acceptors (Lipinski definition) is 8. The lowest BCUT2D eigenvalue weighted by Crippen LogP contribution is -2.62. The number of esters is 1. The molecule has 0 aliphatic carbocycles. The predicted molar refractivity (Wildman–Crippen MR) is 119 cm³/mol. The third kappa shape index (κ3) is 6.47.